The summed E-state index contributed by atoms with van der Waals surface area (Å²) in [5.74, 6) is -1.24. The van der Waals surface area contributed by atoms with Crippen molar-refractivity contribution in [2.24, 2.45) is 5.73 Å². The highest BCUT2D eigenvalue weighted by molar-refractivity contribution is 5.87. The number of likely N-dealkylation sites (N-methyl/N-ethyl adjacent to an activating group) is 1. The maximum Gasteiger partial charge on any atom is 0.240 e. The molecule has 0 spiro atoms. The summed E-state index contributed by atoms with van der Waals surface area (Å²) < 4.78 is 0. The number of rotatable bonds is 7. The van der Waals surface area contributed by atoms with Crippen LogP contribution in [0.15, 0.2) is 0 Å². The number of amides is 2. The van der Waals surface area contributed by atoms with Gasteiger partial charge in [0.25, 0.3) is 0 Å². The highest BCUT2D eigenvalue weighted by Crippen LogP contribution is 1.95. The molecule has 0 rings (SSSR count). The number of aliphatic hydroxyl groups excluding tert-OH is 1. The molecule has 7 nitrogen and oxygen atoms in total. The lowest BCUT2D eigenvalue weighted by Crippen LogP contribution is -2.52. The predicted molar refractivity (Wildman–Crippen MR) is 56.3 cm³/mol. The third kappa shape index (κ3) is 4.85. The van der Waals surface area contributed by atoms with E-state index in [1.165, 1.54) is 14.0 Å². The van der Waals surface area contributed by atoms with Gasteiger partial charge in [0.15, 0.2) is 0 Å². The molecule has 5 N–H and O–H groups in total. The number of aliphatic hydroxyl groups is 1. The van der Waals surface area contributed by atoms with E-state index in [0.717, 1.165) is 0 Å². The molecule has 0 heterocycles. The summed E-state index contributed by atoms with van der Waals surface area (Å²) in [4.78, 5) is 32.6. The van der Waals surface area contributed by atoms with Crippen molar-refractivity contribution < 1.29 is 19.5 Å². The minimum Gasteiger partial charge on any atom is -0.391 e. The van der Waals surface area contributed by atoms with Crippen LogP contribution in [0.5, 0.6) is 0 Å². The average Bonchev–Trinajstić information content (AvgIpc) is 2.16. The molecule has 0 saturated carbocycles. The first-order valence-corrected chi connectivity index (χ1v) is 4.81. The van der Waals surface area contributed by atoms with Gasteiger partial charge in [0, 0.05) is 0 Å². The SMILES string of the molecule is CN[C@H](C(=O)N[C@H](C=O)CC(N)=O)[C@@H](C)O. The molecule has 0 unspecified atom stereocenters. The number of hydrogen-bond acceptors (Lipinski definition) is 5. The maximum absolute atomic E-state index is 11.5. The van der Waals surface area contributed by atoms with E-state index in [4.69, 9.17) is 5.73 Å². The maximum atomic E-state index is 11.5. The molecule has 7 heteroatoms. The number of aldehydes is 1. The second-order valence-corrected chi connectivity index (χ2v) is 3.43. The Morgan fingerprint density at radius 3 is 2.38 bits per heavy atom. The number of nitrogens with two attached hydrogens (primary N) is 1. The summed E-state index contributed by atoms with van der Waals surface area (Å²) in [5.41, 5.74) is 4.90. The monoisotopic (exact) mass is 231 g/mol. The lowest BCUT2D eigenvalue weighted by atomic mass is 10.1. The zero-order valence-corrected chi connectivity index (χ0v) is 9.27. The van der Waals surface area contributed by atoms with Gasteiger partial charge in [-0.1, -0.05) is 0 Å². The van der Waals surface area contributed by atoms with Crippen LogP contribution in [0, 0.1) is 0 Å². The van der Waals surface area contributed by atoms with Crippen LogP contribution in [-0.4, -0.2) is 48.4 Å². The lowest BCUT2D eigenvalue weighted by molar-refractivity contribution is -0.128. The van der Waals surface area contributed by atoms with Gasteiger partial charge >= 0.3 is 0 Å². The van der Waals surface area contributed by atoms with Crippen molar-refractivity contribution in [3.63, 3.8) is 0 Å². The van der Waals surface area contributed by atoms with Crippen LogP contribution in [0.1, 0.15) is 13.3 Å². The fourth-order valence-electron chi connectivity index (χ4n) is 1.21. The molecule has 16 heavy (non-hydrogen) atoms. The minimum absolute atomic E-state index is 0.258. The van der Waals surface area contributed by atoms with E-state index in [2.05, 4.69) is 10.6 Å². The van der Waals surface area contributed by atoms with Crippen molar-refractivity contribution in [3.05, 3.63) is 0 Å². The Bertz CT molecular complexity index is 267. The summed E-state index contributed by atoms with van der Waals surface area (Å²) in [6.45, 7) is 1.44. The third-order valence-electron chi connectivity index (χ3n) is 1.99. The second kappa shape index (κ2) is 6.91. The Morgan fingerprint density at radius 2 is 2.06 bits per heavy atom. The number of carbonyl (C=O) groups is 3. The molecule has 0 aromatic rings. The van der Waals surface area contributed by atoms with Crippen LogP contribution >= 0.6 is 0 Å². The number of carbonyl (C=O) groups excluding carboxylic acids is 3. The van der Waals surface area contributed by atoms with E-state index in [0.29, 0.717) is 6.29 Å². The quantitative estimate of drug-likeness (QED) is 0.361. The molecule has 0 aromatic heterocycles. The van der Waals surface area contributed by atoms with E-state index in [1.807, 2.05) is 0 Å². The van der Waals surface area contributed by atoms with Crippen LogP contribution in [0.25, 0.3) is 0 Å². The summed E-state index contributed by atoms with van der Waals surface area (Å²) in [5, 5.41) is 14.1. The Kier molecular flexibility index (Phi) is 6.28. The van der Waals surface area contributed by atoms with Crippen LogP contribution < -0.4 is 16.4 Å². The minimum atomic E-state index is -0.959. The fourth-order valence-corrected chi connectivity index (χ4v) is 1.21. The van der Waals surface area contributed by atoms with Crippen molar-refractivity contribution in [1.82, 2.24) is 10.6 Å². The van der Waals surface area contributed by atoms with Crippen molar-refractivity contribution in [2.45, 2.75) is 31.5 Å². The number of primary amides is 1. The van der Waals surface area contributed by atoms with Gasteiger partial charge in [-0.25, -0.2) is 0 Å². The topological polar surface area (TPSA) is 122 Å². The first kappa shape index (κ1) is 14.5. The summed E-state index contributed by atoms with van der Waals surface area (Å²) in [6, 6.07) is -1.80. The zero-order valence-electron chi connectivity index (χ0n) is 9.27. The van der Waals surface area contributed by atoms with Crippen LogP contribution in [0.2, 0.25) is 0 Å². The van der Waals surface area contributed by atoms with Crippen LogP contribution in [0.3, 0.4) is 0 Å². The Balaban J connectivity index is 4.38. The molecule has 0 aliphatic heterocycles. The molecular formula is C9H17N3O4. The average molecular weight is 231 g/mol. The van der Waals surface area contributed by atoms with Gasteiger partial charge in [0.05, 0.1) is 18.6 Å². The van der Waals surface area contributed by atoms with Crippen molar-refractivity contribution >= 4 is 18.1 Å². The van der Waals surface area contributed by atoms with Gasteiger partial charge in [-0.3, -0.25) is 9.59 Å². The van der Waals surface area contributed by atoms with E-state index in [9.17, 15) is 19.5 Å². The number of nitrogens with one attached hydrogen (secondary N) is 2. The summed E-state index contributed by atoms with van der Waals surface area (Å²) in [6.07, 6.45) is -0.742. The van der Waals surface area contributed by atoms with Crippen molar-refractivity contribution in [3.8, 4) is 0 Å². The van der Waals surface area contributed by atoms with Crippen molar-refractivity contribution in [1.29, 1.82) is 0 Å². The lowest BCUT2D eigenvalue weighted by Gasteiger charge is -2.20. The molecule has 0 aromatic carbocycles. The van der Waals surface area contributed by atoms with Crippen LogP contribution in [-0.2, 0) is 14.4 Å². The zero-order chi connectivity index (χ0) is 12.7. The van der Waals surface area contributed by atoms with Gasteiger partial charge < -0.3 is 26.3 Å². The Morgan fingerprint density at radius 1 is 1.50 bits per heavy atom. The molecule has 0 aliphatic rings. The largest absolute Gasteiger partial charge is 0.391 e. The molecule has 0 radical (unpaired) electrons. The Labute approximate surface area is 93.4 Å². The highest BCUT2D eigenvalue weighted by Gasteiger charge is 2.24. The first-order valence-electron chi connectivity index (χ1n) is 4.81. The van der Waals surface area contributed by atoms with Gasteiger partial charge in [-0.05, 0) is 14.0 Å². The van der Waals surface area contributed by atoms with Gasteiger partial charge in [0.1, 0.15) is 12.3 Å². The molecular weight excluding hydrogens is 214 g/mol. The van der Waals surface area contributed by atoms with E-state index in [-0.39, 0.29) is 6.42 Å². The molecule has 0 saturated heterocycles. The van der Waals surface area contributed by atoms with Crippen LogP contribution in [0.4, 0.5) is 0 Å². The van der Waals surface area contributed by atoms with E-state index < -0.39 is 30.0 Å². The van der Waals surface area contributed by atoms with Gasteiger partial charge in [-0.2, -0.15) is 0 Å². The summed E-state index contributed by atoms with van der Waals surface area (Å²) in [7, 11) is 1.50. The standard InChI is InChI=1S/C9H17N3O4/c1-5(14)8(11-2)9(16)12-6(4-13)3-7(10)15/h4-6,8,11,14H,3H2,1-2H3,(H2,10,15)(H,12,16)/t5-,6+,8+/m1/s1. The highest BCUT2D eigenvalue weighted by atomic mass is 16.3. The number of hydrogen-bond donors (Lipinski definition) is 4. The predicted octanol–water partition coefficient (Wildman–Crippen LogP) is -2.49. The first-order chi connectivity index (χ1) is 7.42. The summed E-state index contributed by atoms with van der Waals surface area (Å²) >= 11 is 0. The normalized spacial score (nSPS) is 15.9. The van der Waals surface area contributed by atoms with E-state index >= 15 is 0 Å². The third-order valence-corrected chi connectivity index (χ3v) is 1.99. The fraction of sp³-hybridized carbons (Fsp3) is 0.667. The molecule has 2 amide bonds. The molecule has 92 valence electrons. The van der Waals surface area contributed by atoms with Crippen molar-refractivity contribution in [2.75, 3.05) is 7.05 Å². The molecule has 3 atom stereocenters. The molecule has 0 bridgehead atoms. The smallest absolute Gasteiger partial charge is 0.240 e. The van der Waals surface area contributed by atoms with E-state index in [1.54, 1.807) is 0 Å². The second-order valence-electron chi connectivity index (χ2n) is 3.43. The van der Waals surface area contributed by atoms with Gasteiger partial charge in [-0.15, -0.1) is 0 Å². The molecule has 0 fully saturated rings. The van der Waals surface area contributed by atoms with Gasteiger partial charge in [0.2, 0.25) is 11.8 Å². The molecule has 0 aliphatic carbocycles. The Hall–Kier alpha value is -1.47.